The number of hydrogen-bond donors (Lipinski definition) is 1. The van der Waals surface area contributed by atoms with Crippen LogP contribution in [0.1, 0.15) is 17.2 Å². The summed E-state index contributed by atoms with van der Waals surface area (Å²) in [5.41, 5.74) is 8.74. The molecule has 3 heteroatoms. The minimum Gasteiger partial charge on any atom is -0.324 e. The van der Waals surface area contributed by atoms with Crippen LogP contribution in [-0.4, -0.2) is 0 Å². The Bertz CT molecular complexity index is 499. The van der Waals surface area contributed by atoms with Gasteiger partial charge in [-0.15, -0.1) is 0 Å². The molecule has 0 radical (unpaired) electrons. The predicted molar refractivity (Wildman–Crippen MR) is 83.9 cm³/mol. The number of rotatable bonds is 3. The van der Waals surface area contributed by atoms with Gasteiger partial charge in [-0.2, -0.15) is 0 Å². The standard InChI is InChI=1S/C14H13BrIN/c15-11-6-7-13(16)12(9-11)14(17)8-10-4-2-1-3-5-10/h1-7,9,14H,8,17H2. The first-order valence-corrected chi connectivity index (χ1v) is 7.28. The summed E-state index contributed by atoms with van der Waals surface area (Å²) in [4.78, 5) is 0. The third-order valence-electron chi connectivity index (χ3n) is 2.66. The predicted octanol–water partition coefficient (Wildman–Crippen LogP) is 4.30. The molecule has 0 heterocycles. The molecule has 88 valence electrons. The van der Waals surface area contributed by atoms with Crippen LogP contribution in [0.4, 0.5) is 0 Å². The molecule has 0 aliphatic heterocycles. The smallest absolute Gasteiger partial charge is 0.0346 e. The van der Waals surface area contributed by atoms with Crippen LogP contribution in [0.25, 0.3) is 0 Å². The molecule has 0 aliphatic carbocycles. The molecule has 2 N–H and O–H groups in total. The van der Waals surface area contributed by atoms with E-state index < -0.39 is 0 Å². The van der Waals surface area contributed by atoms with Crippen LogP contribution in [0.15, 0.2) is 53.0 Å². The van der Waals surface area contributed by atoms with Crippen molar-refractivity contribution < 1.29 is 0 Å². The molecule has 0 aromatic heterocycles. The molecule has 0 aliphatic rings. The molecular weight excluding hydrogens is 389 g/mol. The van der Waals surface area contributed by atoms with Gasteiger partial charge in [-0.25, -0.2) is 0 Å². The minimum absolute atomic E-state index is 0.0433. The van der Waals surface area contributed by atoms with E-state index in [0.717, 1.165) is 10.9 Å². The first-order valence-electron chi connectivity index (χ1n) is 5.41. The van der Waals surface area contributed by atoms with E-state index >= 15 is 0 Å². The Labute approximate surface area is 124 Å². The Morgan fingerprint density at radius 2 is 1.82 bits per heavy atom. The van der Waals surface area contributed by atoms with Crippen LogP contribution in [0.3, 0.4) is 0 Å². The molecule has 0 bridgehead atoms. The van der Waals surface area contributed by atoms with E-state index in [9.17, 15) is 0 Å². The van der Waals surface area contributed by atoms with Crippen molar-refractivity contribution in [3.63, 3.8) is 0 Å². The van der Waals surface area contributed by atoms with Gasteiger partial charge in [0.2, 0.25) is 0 Å². The molecule has 1 unspecified atom stereocenters. The summed E-state index contributed by atoms with van der Waals surface area (Å²) >= 11 is 5.83. The lowest BCUT2D eigenvalue weighted by Crippen LogP contribution is -2.14. The molecular formula is C14H13BrIN. The Morgan fingerprint density at radius 3 is 2.53 bits per heavy atom. The zero-order valence-corrected chi connectivity index (χ0v) is 13.0. The molecule has 0 fully saturated rings. The summed E-state index contributed by atoms with van der Waals surface area (Å²) in [6, 6.07) is 16.6. The molecule has 17 heavy (non-hydrogen) atoms. The van der Waals surface area contributed by atoms with Gasteiger partial charge in [0.25, 0.3) is 0 Å². The van der Waals surface area contributed by atoms with Gasteiger partial charge < -0.3 is 5.73 Å². The average molecular weight is 402 g/mol. The van der Waals surface area contributed by atoms with Gasteiger partial charge in [-0.1, -0.05) is 46.3 Å². The highest BCUT2D eigenvalue weighted by atomic mass is 127. The molecule has 0 spiro atoms. The third-order valence-corrected chi connectivity index (χ3v) is 4.13. The van der Waals surface area contributed by atoms with E-state index in [1.165, 1.54) is 14.7 Å². The van der Waals surface area contributed by atoms with Gasteiger partial charge in [0.1, 0.15) is 0 Å². The van der Waals surface area contributed by atoms with Crippen molar-refractivity contribution in [2.45, 2.75) is 12.5 Å². The lowest BCUT2D eigenvalue weighted by Gasteiger charge is -2.14. The normalized spacial score (nSPS) is 12.4. The van der Waals surface area contributed by atoms with Gasteiger partial charge in [-0.3, -0.25) is 0 Å². The monoisotopic (exact) mass is 401 g/mol. The molecule has 1 atom stereocenters. The fourth-order valence-corrected chi connectivity index (χ4v) is 2.89. The highest BCUT2D eigenvalue weighted by molar-refractivity contribution is 14.1. The topological polar surface area (TPSA) is 26.0 Å². The quantitative estimate of drug-likeness (QED) is 0.762. The van der Waals surface area contributed by atoms with E-state index in [2.05, 4.69) is 62.8 Å². The Hall–Kier alpha value is -0.390. The number of halogens is 2. The van der Waals surface area contributed by atoms with Crippen molar-refractivity contribution >= 4 is 38.5 Å². The van der Waals surface area contributed by atoms with E-state index in [4.69, 9.17) is 5.73 Å². The second kappa shape index (κ2) is 5.98. The highest BCUT2D eigenvalue weighted by Gasteiger charge is 2.10. The van der Waals surface area contributed by atoms with Crippen molar-refractivity contribution in [1.82, 2.24) is 0 Å². The maximum Gasteiger partial charge on any atom is 0.0346 e. The summed E-state index contributed by atoms with van der Waals surface area (Å²) in [5.74, 6) is 0. The zero-order chi connectivity index (χ0) is 12.3. The van der Waals surface area contributed by atoms with Crippen LogP contribution in [-0.2, 0) is 6.42 Å². The Morgan fingerprint density at radius 1 is 1.12 bits per heavy atom. The number of nitrogens with two attached hydrogens (primary N) is 1. The van der Waals surface area contributed by atoms with Crippen molar-refractivity contribution in [3.05, 3.63) is 67.7 Å². The second-order valence-corrected chi connectivity index (χ2v) is 6.04. The lowest BCUT2D eigenvalue weighted by molar-refractivity contribution is 0.717. The number of hydrogen-bond acceptors (Lipinski definition) is 1. The molecule has 0 amide bonds. The molecule has 0 saturated heterocycles. The molecule has 2 aromatic carbocycles. The van der Waals surface area contributed by atoms with Crippen molar-refractivity contribution in [2.24, 2.45) is 5.73 Å². The highest BCUT2D eigenvalue weighted by Crippen LogP contribution is 2.25. The summed E-state index contributed by atoms with van der Waals surface area (Å²) in [7, 11) is 0. The largest absolute Gasteiger partial charge is 0.324 e. The number of benzene rings is 2. The van der Waals surface area contributed by atoms with E-state index in [1.54, 1.807) is 0 Å². The van der Waals surface area contributed by atoms with Crippen LogP contribution >= 0.6 is 38.5 Å². The zero-order valence-electron chi connectivity index (χ0n) is 9.24. The summed E-state index contributed by atoms with van der Waals surface area (Å²) in [5, 5.41) is 0. The fourth-order valence-electron chi connectivity index (χ4n) is 1.78. The summed E-state index contributed by atoms with van der Waals surface area (Å²) in [6.45, 7) is 0. The van der Waals surface area contributed by atoms with E-state index in [1.807, 2.05) is 24.3 Å². The van der Waals surface area contributed by atoms with Crippen molar-refractivity contribution in [2.75, 3.05) is 0 Å². The van der Waals surface area contributed by atoms with E-state index in [0.29, 0.717) is 0 Å². The van der Waals surface area contributed by atoms with Gasteiger partial charge in [0, 0.05) is 14.1 Å². The first-order chi connectivity index (χ1) is 8.16. The fraction of sp³-hybridized carbons (Fsp3) is 0.143. The molecule has 2 rings (SSSR count). The Kier molecular flexibility index (Phi) is 4.59. The van der Waals surface area contributed by atoms with Crippen LogP contribution in [0, 0.1) is 3.57 Å². The molecule has 0 saturated carbocycles. The van der Waals surface area contributed by atoms with Crippen molar-refractivity contribution in [3.8, 4) is 0 Å². The summed E-state index contributed by atoms with van der Waals surface area (Å²) < 4.78 is 2.30. The first kappa shape index (κ1) is 13.1. The lowest BCUT2D eigenvalue weighted by atomic mass is 10.00. The van der Waals surface area contributed by atoms with Crippen LogP contribution in [0.5, 0.6) is 0 Å². The van der Waals surface area contributed by atoms with E-state index in [-0.39, 0.29) is 6.04 Å². The van der Waals surface area contributed by atoms with Crippen molar-refractivity contribution in [1.29, 1.82) is 0 Å². The van der Waals surface area contributed by atoms with Gasteiger partial charge in [0.05, 0.1) is 0 Å². The SMILES string of the molecule is NC(Cc1ccccc1)c1cc(Br)ccc1I. The molecule has 2 aromatic rings. The average Bonchev–Trinajstić information content (AvgIpc) is 2.33. The Balaban J connectivity index is 2.20. The van der Waals surface area contributed by atoms with Gasteiger partial charge >= 0.3 is 0 Å². The minimum atomic E-state index is 0.0433. The van der Waals surface area contributed by atoms with Crippen LogP contribution < -0.4 is 5.73 Å². The maximum absolute atomic E-state index is 6.27. The third kappa shape index (κ3) is 3.53. The van der Waals surface area contributed by atoms with Gasteiger partial charge in [0.15, 0.2) is 0 Å². The van der Waals surface area contributed by atoms with Gasteiger partial charge in [-0.05, 0) is 58.3 Å². The summed E-state index contributed by atoms with van der Waals surface area (Å²) in [6.07, 6.45) is 0.868. The maximum atomic E-state index is 6.27. The van der Waals surface area contributed by atoms with Crippen LogP contribution in [0.2, 0.25) is 0 Å². The molecule has 1 nitrogen and oxygen atoms in total. The second-order valence-electron chi connectivity index (χ2n) is 3.96.